The fraction of sp³-hybridized carbons (Fsp3) is 0.238. The Labute approximate surface area is 196 Å². The molecule has 0 unspecified atom stereocenters. The second-order valence-electron chi connectivity index (χ2n) is 7.70. The number of carbonyl (C=O) groups excluding carboxylic acids is 2. The van der Waals surface area contributed by atoms with E-state index in [1.54, 1.807) is 21.7 Å². The van der Waals surface area contributed by atoms with Crippen molar-refractivity contribution in [1.82, 2.24) is 34.7 Å². The predicted octanol–water partition coefficient (Wildman–Crippen LogP) is 2.80. The fourth-order valence-corrected chi connectivity index (χ4v) is 3.94. The van der Waals surface area contributed by atoms with Crippen LogP contribution < -0.4 is 5.32 Å². The van der Waals surface area contributed by atoms with E-state index in [2.05, 4.69) is 41.8 Å². The van der Waals surface area contributed by atoms with Crippen molar-refractivity contribution in [2.45, 2.75) is 12.8 Å². The van der Waals surface area contributed by atoms with Gasteiger partial charge in [-0.1, -0.05) is 22.0 Å². The van der Waals surface area contributed by atoms with Crippen LogP contribution in [0.5, 0.6) is 0 Å². The third-order valence-corrected chi connectivity index (χ3v) is 6.03. The normalized spacial score (nSPS) is 13.7. The molecule has 1 fully saturated rings. The lowest BCUT2D eigenvalue weighted by Crippen LogP contribution is -2.48. The molecule has 3 aromatic heterocycles. The molecule has 1 saturated heterocycles. The molecular formula is C21H19BrN8O3. The van der Waals surface area contributed by atoms with E-state index in [0.717, 1.165) is 10.0 Å². The highest BCUT2D eigenvalue weighted by molar-refractivity contribution is 9.10. The predicted molar refractivity (Wildman–Crippen MR) is 121 cm³/mol. The first-order chi connectivity index (χ1) is 15.9. The number of anilines is 1. The van der Waals surface area contributed by atoms with Crippen LogP contribution in [0.3, 0.4) is 0 Å². The number of fused-ring (bicyclic) bond motifs is 1. The number of hydrogen-bond donors (Lipinski definition) is 1. The van der Waals surface area contributed by atoms with Gasteiger partial charge in [-0.2, -0.15) is 5.10 Å². The molecule has 1 aromatic carbocycles. The van der Waals surface area contributed by atoms with Gasteiger partial charge in [0.05, 0.1) is 36.0 Å². The summed E-state index contributed by atoms with van der Waals surface area (Å²) in [6, 6.07) is 9.22. The summed E-state index contributed by atoms with van der Waals surface area (Å²) < 4.78 is 7.21. The number of nitrogens with zero attached hydrogens (tertiary/aromatic N) is 7. The van der Waals surface area contributed by atoms with Gasteiger partial charge in [-0.3, -0.25) is 4.79 Å². The topological polar surface area (TPSA) is 120 Å². The van der Waals surface area contributed by atoms with Crippen molar-refractivity contribution in [2.75, 3.05) is 25.5 Å². The number of aryl methyl sites for hydroxylation is 1. The number of pyridine rings is 1. The van der Waals surface area contributed by atoms with E-state index >= 15 is 0 Å². The first-order valence-corrected chi connectivity index (χ1v) is 10.9. The van der Waals surface area contributed by atoms with E-state index in [-0.39, 0.29) is 17.9 Å². The van der Waals surface area contributed by atoms with Gasteiger partial charge in [0.1, 0.15) is 0 Å². The standard InChI is InChI=1S/C21H19BrN8O3/c1-12-3-4-15(30-26-19(25-27-30)13-10-28(11-13)21(32)33-2)8-17(12)24-20(31)16-9-23-29-6-5-14(22)7-18(16)29/h3-9,13H,10-11H2,1-2H3,(H,24,31). The van der Waals surface area contributed by atoms with Crippen molar-refractivity contribution >= 4 is 39.1 Å². The van der Waals surface area contributed by atoms with Gasteiger partial charge >= 0.3 is 6.09 Å². The van der Waals surface area contributed by atoms with Gasteiger partial charge in [0.15, 0.2) is 5.82 Å². The van der Waals surface area contributed by atoms with Gasteiger partial charge in [-0.25, -0.2) is 9.31 Å². The number of hydrogen-bond acceptors (Lipinski definition) is 7. The summed E-state index contributed by atoms with van der Waals surface area (Å²) >= 11 is 3.43. The number of tetrazole rings is 1. The van der Waals surface area contributed by atoms with Crippen molar-refractivity contribution in [3.63, 3.8) is 0 Å². The van der Waals surface area contributed by atoms with Gasteiger partial charge in [-0.15, -0.1) is 15.0 Å². The van der Waals surface area contributed by atoms with Gasteiger partial charge in [0.25, 0.3) is 5.91 Å². The molecule has 0 spiro atoms. The molecule has 168 valence electrons. The summed E-state index contributed by atoms with van der Waals surface area (Å²) in [4.78, 5) is 27.5. The van der Waals surface area contributed by atoms with Crippen molar-refractivity contribution in [3.05, 3.63) is 64.1 Å². The highest BCUT2D eigenvalue weighted by Gasteiger charge is 2.35. The number of rotatable bonds is 4. The molecule has 1 aliphatic rings. The van der Waals surface area contributed by atoms with Crippen LogP contribution in [0.1, 0.15) is 27.7 Å². The van der Waals surface area contributed by atoms with Crippen LogP contribution in [0.15, 0.2) is 47.2 Å². The van der Waals surface area contributed by atoms with E-state index in [1.165, 1.54) is 18.1 Å². The van der Waals surface area contributed by atoms with Crippen LogP contribution in [0.2, 0.25) is 0 Å². The third kappa shape index (κ3) is 3.93. The van der Waals surface area contributed by atoms with Crippen molar-refractivity contribution < 1.29 is 14.3 Å². The number of halogens is 1. The number of ether oxygens (including phenoxy) is 1. The maximum atomic E-state index is 13.0. The summed E-state index contributed by atoms with van der Waals surface area (Å²) in [5, 5.41) is 19.9. The minimum atomic E-state index is -0.365. The van der Waals surface area contributed by atoms with Crippen LogP contribution in [0, 0.1) is 6.92 Å². The number of benzene rings is 1. The van der Waals surface area contributed by atoms with Gasteiger partial charge in [0, 0.05) is 29.4 Å². The second kappa shape index (κ2) is 8.28. The molecule has 11 nitrogen and oxygen atoms in total. The average Bonchev–Trinajstić information content (AvgIpc) is 3.41. The van der Waals surface area contributed by atoms with Gasteiger partial charge in [-0.05, 0) is 42.0 Å². The van der Waals surface area contributed by atoms with E-state index in [9.17, 15) is 9.59 Å². The number of nitrogens with one attached hydrogen (secondary N) is 1. The Morgan fingerprint density at radius 3 is 2.82 bits per heavy atom. The molecule has 1 N–H and O–H groups in total. The number of amides is 2. The monoisotopic (exact) mass is 510 g/mol. The molecule has 4 aromatic rings. The van der Waals surface area contributed by atoms with E-state index in [1.807, 2.05) is 31.2 Å². The molecule has 0 saturated carbocycles. The zero-order valence-corrected chi connectivity index (χ0v) is 19.4. The van der Waals surface area contributed by atoms with Gasteiger partial charge < -0.3 is 15.0 Å². The number of carbonyl (C=O) groups is 2. The highest BCUT2D eigenvalue weighted by Crippen LogP contribution is 2.26. The molecule has 0 atom stereocenters. The van der Waals surface area contributed by atoms with Crippen molar-refractivity contribution in [2.24, 2.45) is 0 Å². The van der Waals surface area contributed by atoms with Crippen LogP contribution in [0.25, 0.3) is 11.2 Å². The first-order valence-electron chi connectivity index (χ1n) is 10.1. The lowest BCUT2D eigenvalue weighted by atomic mass is 10.0. The minimum absolute atomic E-state index is 0.0115. The third-order valence-electron chi connectivity index (χ3n) is 5.54. The smallest absolute Gasteiger partial charge is 0.409 e. The molecule has 1 aliphatic heterocycles. The largest absolute Gasteiger partial charge is 0.453 e. The SMILES string of the molecule is COC(=O)N1CC(c2nnn(-c3ccc(C)c(NC(=O)c4cnn5ccc(Br)cc45)c3)n2)C1. The van der Waals surface area contributed by atoms with Crippen LogP contribution in [0.4, 0.5) is 10.5 Å². The van der Waals surface area contributed by atoms with Crippen LogP contribution in [-0.2, 0) is 4.74 Å². The van der Waals surface area contributed by atoms with Crippen molar-refractivity contribution in [3.8, 4) is 5.69 Å². The zero-order chi connectivity index (χ0) is 23.1. The maximum Gasteiger partial charge on any atom is 0.409 e. The molecule has 0 aliphatic carbocycles. The molecule has 0 bridgehead atoms. The second-order valence-corrected chi connectivity index (χ2v) is 8.61. The Hall–Kier alpha value is -3.80. The number of aromatic nitrogens is 6. The van der Waals surface area contributed by atoms with Crippen molar-refractivity contribution in [1.29, 1.82) is 0 Å². The molecule has 33 heavy (non-hydrogen) atoms. The lowest BCUT2D eigenvalue weighted by Gasteiger charge is -2.35. The summed E-state index contributed by atoms with van der Waals surface area (Å²) in [7, 11) is 1.35. The van der Waals surface area contributed by atoms with Crippen LogP contribution in [-0.4, -0.2) is 66.9 Å². The summed E-state index contributed by atoms with van der Waals surface area (Å²) in [6.45, 7) is 2.88. The Bertz CT molecular complexity index is 1380. The van der Waals surface area contributed by atoms with E-state index in [0.29, 0.717) is 41.4 Å². The summed E-state index contributed by atoms with van der Waals surface area (Å²) in [5.41, 5.74) is 3.33. The summed E-state index contributed by atoms with van der Waals surface area (Å²) in [5.74, 6) is 0.295. The van der Waals surface area contributed by atoms with Gasteiger partial charge in [0.2, 0.25) is 0 Å². The zero-order valence-electron chi connectivity index (χ0n) is 17.8. The highest BCUT2D eigenvalue weighted by atomic mass is 79.9. The van der Waals surface area contributed by atoms with Crippen LogP contribution >= 0.6 is 15.9 Å². The summed E-state index contributed by atoms with van der Waals surface area (Å²) in [6.07, 6.45) is 2.96. The Kier molecular flexibility index (Phi) is 5.29. The molecule has 2 amide bonds. The Balaban J connectivity index is 1.35. The molecule has 0 radical (unpaired) electrons. The quantitative estimate of drug-likeness (QED) is 0.448. The Morgan fingerprint density at radius 1 is 1.21 bits per heavy atom. The lowest BCUT2D eigenvalue weighted by molar-refractivity contribution is 0.0863. The van der Waals surface area contributed by atoms with E-state index in [4.69, 9.17) is 4.74 Å². The van der Waals surface area contributed by atoms with E-state index < -0.39 is 0 Å². The molecular weight excluding hydrogens is 492 g/mol. The Morgan fingerprint density at radius 2 is 2.03 bits per heavy atom. The minimum Gasteiger partial charge on any atom is -0.453 e. The number of likely N-dealkylation sites (tertiary alicyclic amines) is 1. The average molecular weight is 511 g/mol. The fourth-order valence-electron chi connectivity index (χ4n) is 3.61. The first kappa shape index (κ1) is 21.1. The molecule has 4 heterocycles. The molecule has 12 heteroatoms. The number of methoxy groups -OCH3 is 1. The maximum absolute atomic E-state index is 13.0. The molecule has 5 rings (SSSR count).